The van der Waals surface area contributed by atoms with E-state index in [2.05, 4.69) is 15.3 Å². The standard InChI is InChI=1S/C32H47ClN6O3/c1-7-11-26-27(16-17-33)36-30(35-26)28(14-15-29(40)39(19-9-3)23(6)21-34)37-31(41)24-12-13-25(22(5)20-24)32(42)38(10-4)18-8-2/h7,11-13,16-17,20,23,28H,8-10,14-15,18-19,21,34H2,1-6H3,(H,35,36)(H,37,41)/b11-7-,17-16+/t23-,28?/m1/s1. The van der Waals surface area contributed by atoms with Crippen LogP contribution in [0.15, 0.2) is 29.8 Å². The largest absolute Gasteiger partial charge is 0.342 e. The number of carbonyl (C=O) groups excluding carboxylic acids is 3. The molecule has 42 heavy (non-hydrogen) atoms. The molecule has 10 heteroatoms. The van der Waals surface area contributed by atoms with Gasteiger partial charge in [0.1, 0.15) is 5.82 Å². The fourth-order valence-electron chi connectivity index (χ4n) is 4.84. The fraction of sp³-hybridized carbons (Fsp3) is 0.500. The minimum Gasteiger partial charge on any atom is -0.342 e. The van der Waals surface area contributed by atoms with Crippen molar-refractivity contribution in [2.45, 2.75) is 79.3 Å². The molecule has 0 aliphatic rings. The third kappa shape index (κ3) is 9.29. The van der Waals surface area contributed by atoms with Crippen molar-refractivity contribution in [3.8, 4) is 0 Å². The Kier molecular flexibility index (Phi) is 14.5. The third-order valence-electron chi connectivity index (χ3n) is 7.16. The van der Waals surface area contributed by atoms with E-state index in [0.29, 0.717) is 55.2 Å². The topological polar surface area (TPSA) is 124 Å². The smallest absolute Gasteiger partial charge is 0.254 e. The number of nitrogens with two attached hydrogens (primary N) is 1. The molecular formula is C32H47ClN6O3. The molecule has 0 fully saturated rings. The second-order valence-electron chi connectivity index (χ2n) is 10.4. The maximum absolute atomic E-state index is 13.5. The minimum atomic E-state index is -0.582. The summed E-state index contributed by atoms with van der Waals surface area (Å²) < 4.78 is 0. The van der Waals surface area contributed by atoms with E-state index in [4.69, 9.17) is 17.3 Å². The number of rotatable bonds is 16. The number of imidazole rings is 1. The molecule has 0 aliphatic carbocycles. The zero-order valence-corrected chi connectivity index (χ0v) is 26.6. The highest BCUT2D eigenvalue weighted by molar-refractivity contribution is 6.27. The van der Waals surface area contributed by atoms with E-state index in [1.165, 1.54) is 5.54 Å². The molecule has 0 bridgehead atoms. The Morgan fingerprint density at radius 3 is 2.43 bits per heavy atom. The number of hydrogen-bond acceptors (Lipinski definition) is 5. The van der Waals surface area contributed by atoms with E-state index in [-0.39, 0.29) is 30.2 Å². The second kappa shape index (κ2) is 17.5. The first-order chi connectivity index (χ1) is 20.1. The molecule has 9 nitrogen and oxygen atoms in total. The number of nitrogens with one attached hydrogen (secondary N) is 2. The van der Waals surface area contributed by atoms with Crippen molar-refractivity contribution in [3.63, 3.8) is 0 Å². The molecule has 0 saturated heterocycles. The van der Waals surface area contributed by atoms with Crippen LogP contribution in [0.3, 0.4) is 0 Å². The molecule has 1 aromatic heterocycles. The molecule has 4 N–H and O–H groups in total. The number of aromatic nitrogens is 2. The van der Waals surface area contributed by atoms with Crippen molar-refractivity contribution < 1.29 is 14.4 Å². The molecule has 1 heterocycles. The van der Waals surface area contributed by atoms with Crippen LogP contribution in [0.2, 0.25) is 0 Å². The summed E-state index contributed by atoms with van der Waals surface area (Å²) in [4.78, 5) is 51.4. The first-order valence-corrected chi connectivity index (χ1v) is 15.3. The van der Waals surface area contributed by atoms with Crippen LogP contribution in [-0.4, -0.2) is 69.7 Å². The Morgan fingerprint density at radius 2 is 1.86 bits per heavy atom. The fourth-order valence-corrected chi connectivity index (χ4v) is 4.96. The first-order valence-electron chi connectivity index (χ1n) is 14.8. The Morgan fingerprint density at radius 1 is 1.14 bits per heavy atom. The molecule has 1 aromatic carbocycles. The van der Waals surface area contributed by atoms with Gasteiger partial charge in [-0.3, -0.25) is 14.4 Å². The van der Waals surface area contributed by atoms with E-state index >= 15 is 0 Å². The highest BCUT2D eigenvalue weighted by Gasteiger charge is 2.25. The first kappa shape index (κ1) is 34.8. The van der Waals surface area contributed by atoms with Crippen LogP contribution in [0.25, 0.3) is 12.2 Å². The monoisotopic (exact) mass is 598 g/mol. The molecule has 0 saturated carbocycles. The summed E-state index contributed by atoms with van der Waals surface area (Å²) in [6, 6.07) is 4.44. The van der Waals surface area contributed by atoms with Crippen LogP contribution in [0.1, 0.15) is 110 Å². The van der Waals surface area contributed by atoms with Gasteiger partial charge in [-0.05, 0) is 82.9 Å². The molecule has 230 valence electrons. The van der Waals surface area contributed by atoms with Crippen LogP contribution in [0, 0.1) is 6.92 Å². The SMILES string of the molecule is C/C=C\c1[nH]c(C(CCC(=O)N(CCC)[C@H](C)CN)NC(=O)c2ccc(C(=O)N(CC)CCC)c(C)c2)nc1/C=C/Cl. The summed E-state index contributed by atoms with van der Waals surface area (Å²) in [5.74, 6) is 0.121. The van der Waals surface area contributed by atoms with Crippen molar-refractivity contribution in [1.29, 1.82) is 0 Å². The third-order valence-corrected chi connectivity index (χ3v) is 7.28. The van der Waals surface area contributed by atoms with Crippen LogP contribution < -0.4 is 11.1 Å². The van der Waals surface area contributed by atoms with Gasteiger partial charge in [0.2, 0.25) is 5.91 Å². The summed E-state index contributed by atoms with van der Waals surface area (Å²) >= 11 is 5.85. The van der Waals surface area contributed by atoms with Gasteiger partial charge >= 0.3 is 0 Å². The van der Waals surface area contributed by atoms with Crippen LogP contribution in [-0.2, 0) is 4.79 Å². The number of hydrogen-bond donors (Lipinski definition) is 3. The number of H-pyrrole nitrogens is 1. The predicted molar refractivity (Wildman–Crippen MR) is 171 cm³/mol. The zero-order chi connectivity index (χ0) is 31.2. The lowest BCUT2D eigenvalue weighted by molar-refractivity contribution is -0.133. The minimum absolute atomic E-state index is 0.0265. The normalized spacial score (nSPS) is 13.0. The van der Waals surface area contributed by atoms with Crippen molar-refractivity contribution in [1.82, 2.24) is 25.1 Å². The van der Waals surface area contributed by atoms with Crippen LogP contribution in [0.4, 0.5) is 0 Å². The molecule has 1 unspecified atom stereocenters. The highest BCUT2D eigenvalue weighted by Crippen LogP contribution is 2.23. The number of nitrogens with zero attached hydrogens (tertiary/aromatic N) is 3. The maximum Gasteiger partial charge on any atom is 0.254 e. The average molecular weight is 599 g/mol. The molecule has 0 spiro atoms. The van der Waals surface area contributed by atoms with E-state index in [1.54, 1.807) is 34.1 Å². The van der Waals surface area contributed by atoms with E-state index in [0.717, 1.165) is 24.1 Å². The van der Waals surface area contributed by atoms with Crippen LogP contribution >= 0.6 is 11.6 Å². The van der Waals surface area contributed by atoms with Gasteiger partial charge in [-0.15, -0.1) is 0 Å². The number of carbonyl (C=O) groups is 3. The van der Waals surface area contributed by atoms with Gasteiger partial charge in [-0.2, -0.15) is 0 Å². The van der Waals surface area contributed by atoms with Gasteiger partial charge in [-0.1, -0.05) is 31.5 Å². The Balaban J connectivity index is 2.38. The zero-order valence-electron chi connectivity index (χ0n) is 25.9. The number of aryl methyl sites for hydroxylation is 1. The van der Waals surface area contributed by atoms with Crippen molar-refractivity contribution >= 4 is 41.5 Å². The lowest BCUT2D eigenvalue weighted by Gasteiger charge is -2.29. The number of aromatic amines is 1. The Hall–Kier alpha value is -3.43. The summed E-state index contributed by atoms with van der Waals surface area (Å²) in [6.45, 7) is 14.0. The van der Waals surface area contributed by atoms with Gasteiger partial charge in [0, 0.05) is 55.3 Å². The summed E-state index contributed by atoms with van der Waals surface area (Å²) in [5.41, 5.74) is 10.3. The molecule has 2 rings (SSSR count). The lowest BCUT2D eigenvalue weighted by Crippen LogP contribution is -2.43. The molecule has 3 amide bonds. The Labute approximate surface area is 255 Å². The molecule has 0 aliphatic heterocycles. The van der Waals surface area contributed by atoms with Gasteiger partial charge in [-0.25, -0.2) is 4.98 Å². The second-order valence-corrected chi connectivity index (χ2v) is 10.6. The molecule has 0 radical (unpaired) electrons. The van der Waals surface area contributed by atoms with Gasteiger partial charge in [0.15, 0.2) is 0 Å². The van der Waals surface area contributed by atoms with Gasteiger partial charge in [0.25, 0.3) is 11.8 Å². The van der Waals surface area contributed by atoms with Crippen molar-refractivity contribution in [2.24, 2.45) is 5.73 Å². The number of allylic oxidation sites excluding steroid dienone is 1. The summed E-state index contributed by atoms with van der Waals surface area (Å²) in [5, 5.41) is 3.07. The number of halogens is 1. The highest BCUT2D eigenvalue weighted by atomic mass is 35.5. The average Bonchev–Trinajstić information content (AvgIpc) is 3.38. The van der Waals surface area contributed by atoms with Crippen molar-refractivity contribution in [3.05, 3.63) is 63.7 Å². The Bertz CT molecular complexity index is 1230. The van der Waals surface area contributed by atoms with E-state index in [9.17, 15) is 14.4 Å². The summed E-state index contributed by atoms with van der Waals surface area (Å²) in [7, 11) is 0. The molecular weight excluding hydrogens is 552 g/mol. The van der Waals surface area contributed by atoms with E-state index in [1.807, 2.05) is 53.7 Å². The van der Waals surface area contributed by atoms with Crippen LogP contribution in [0.5, 0.6) is 0 Å². The number of amides is 3. The molecule has 2 atom stereocenters. The number of benzene rings is 1. The van der Waals surface area contributed by atoms with Crippen molar-refractivity contribution in [2.75, 3.05) is 26.2 Å². The quantitative estimate of drug-likeness (QED) is 0.230. The predicted octanol–water partition coefficient (Wildman–Crippen LogP) is 5.67. The van der Waals surface area contributed by atoms with Gasteiger partial charge < -0.3 is 25.8 Å². The maximum atomic E-state index is 13.5. The summed E-state index contributed by atoms with van der Waals surface area (Å²) in [6.07, 6.45) is 7.64. The lowest BCUT2D eigenvalue weighted by atomic mass is 10.0. The van der Waals surface area contributed by atoms with Gasteiger partial charge in [0.05, 0.1) is 17.4 Å². The van der Waals surface area contributed by atoms with E-state index < -0.39 is 6.04 Å². The molecule has 2 aromatic rings.